The predicted molar refractivity (Wildman–Crippen MR) is 48.4 cm³/mol. The molecule has 1 aromatic carbocycles. The highest BCUT2D eigenvalue weighted by Gasteiger charge is 2.01. The zero-order valence-electron chi connectivity index (χ0n) is 6.82. The summed E-state index contributed by atoms with van der Waals surface area (Å²) in [4.78, 5) is 3.80. The molecule has 0 unspecified atom stereocenters. The van der Waals surface area contributed by atoms with Crippen LogP contribution in [0.1, 0.15) is 5.56 Å². The molecular weight excluding hydrogens is 150 g/mol. The van der Waals surface area contributed by atoms with Crippen LogP contribution in [-0.4, -0.2) is 6.21 Å². The van der Waals surface area contributed by atoms with E-state index in [-0.39, 0.29) is 0 Å². The molecule has 0 saturated heterocycles. The van der Waals surface area contributed by atoms with Gasteiger partial charge in [0.15, 0.2) is 5.76 Å². The number of aryl methyl sites for hydroxylation is 1. The van der Waals surface area contributed by atoms with Gasteiger partial charge in [-0.3, -0.25) is 4.99 Å². The Labute approximate surface area is 71.2 Å². The standard InChI is InChI=1S/C10H9NO/c1-8-2-4-9(5-3-8)12-10-6-11-7-10/h2-7H,1H3. The minimum Gasteiger partial charge on any atom is -0.454 e. The summed E-state index contributed by atoms with van der Waals surface area (Å²) in [6, 6.07) is 7.93. The van der Waals surface area contributed by atoms with Crippen molar-refractivity contribution in [1.29, 1.82) is 0 Å². The Morgan fingerprint density at radius 1 is 1.17 bits per heavy atom. The zero-order chi connectivity index (χ0) is 8.39. The minimum absolute atomic E-state index is 0.818. The number of hydrogen-bond acceptors (Lipinski definition) is 2. The van der Waals surface area contributed by atoms with Crippen molar-refractivity contribution < 1.29 is 4.74 Å². The molecule has 0 bridgehead atoms. The summed E-state index contributed by atoms with van der Waals surface area (Å²) >= 11 is 0. The van der Waals surface area contributed by atoms with E-state index in [0.717, 1.165) is 11.5 Å². The van der Waals surface area contributed by atoms with Crippen molar-refractivity contribution in [2.75, 3.05) is 0 Å². The maximum Gasteiger partial charge on any atom is 0.163 e. The van der Waals surface area contributed by atoms with E-state index in [0.29, 0.717) is 0 Å². The second kappa shape index (κ2) is 2.81. The number of benzene rings is 1. The van der Waals surface area contributed by atoms with E-state index < -0.39 is 0 Å². The molecule has 0 saturated carbocycles. The lowest BCUT2D eigenvalue weighted by atomic mass is 10.2. The highest BCUT2D eigenvalue weighted by Crippen LogP contribution is 2.15. The van der Waals surface area contributed by atoms with Crippen molar-refractivity contribution in [1.82, 2.24) is 0 Å². The van der Waals surface area contributed by atoms with E-state index >= 15 is 0 Å². The van der Waals surface area contributed by atoms with Crippen LogP contribution in [0.25, 0.3) is 0 Å². The average Bonchev–Trinajstić information content (AvgIpc) is 2.00. The lowest BCUT2D eigenvalue weighted by Gasteiger charge is -2.08. The van der Waals surface area contributed by atoms with Crippen molar-refractivity contribution in [3.05, 3.63) is 41.8 Å². The monoisotopic (exact) mass is 159 g/mol. The summed E-state index contributed by atoms with van der Waals surface area (Å²) in [5.74, 6) is 1.68. The van der Waals surface area contributed by atoms with Gasteiger partial charge in [0.1, 0.15) is 5.75 Å². The van der Waals surface area contributed by atoms with Gasteiger partial charge < -0.3 is 4.74 Å². The first-order valence-corrected chi connectivity index (χ1v) is 3.82. The molecule has 0 atom stereocenters. The summed E-state index contributed by atoms with van der Waals surface area (Å²) in [6.45, 7) is 2.05. The van der Waals surface area contributed by atoms with Gasteiger partial charge in [-0.05, 0) is 19.1 Å². The molecule has 0 aromatic heterocycles. The van der Waals surface area contributed by atoms with E-state index in [1.165, 1.54) is 5.56 Å². The fourth-order valence-electron chi connectivity index (χ4n) is 0.930. The lowest BCUT2D eigenvalue weighted by molar-refractivity contribution is 0.450. The van der Waals surface area contributed by atoms with Crippen LogP contribution in [0.15, 0.2) is 41.2 Å². The zero-order valence-corrected chi connectivity index (χ0v) is 6.82. The van der Waals surface area contributed by atoms with Crippen LogP contribution in [-0.2, 0) is 0 Å². The molecule has 0 amide bonds. The molecule has 12 heavy (non-hydrogen) atoms. The van der Waals surface area contributed by atoms with E-state index in [1.54, 1.807) is 12.4 Å². The average molecular weight is 159 g/mol. The van der Waals surface area contributed by atoms with Gasteiger partial charge in [-0.15, -0.1) is 0 Å². The summed E-state index contributed by atoms with van der Waals surface area (Å²) in [6.07, 6.45) is 3.39. The normalized spacial score (nSPS) is 13.6. The summed E-state index contributed by atoms with van der Waals surface area (Å²) in [5.41, 5.74) is 1.23. The number of nitrogens with zero attached hydrogens (tertiary/aromatic N) is 1. The Morgan fingerprint density at radius 2 is 1.83 bits per heavy atom. The van der Waals surface area contributed by atoms with Gasteiger partial charge in [0.2, 0.25) is 0 Å². The minimum atomic E-state index is 0.818. The van der Waals surface area contributed by atoms with Crippen molar-refractivity contribution in [2.24, 2.45) is 4.99 Å². The van der Waals surface area contributed by atoms with Crippen molar-refractivity contribution in [3.8, 4) is 5.75 Å². The topological polar surface area (TPSA) is 21.6 Å². The van der Waals surface area contributed by atoms with Gasteiger partial charge in [0, 0.05) is 0 Å². The molecule has 0 radical (unpaired) electrons. The van der Waals surface area contributed by atoms with Crippen molar-refractivity contribution >= 4 is 6.21 Å². The first-order valence-electron chi connectivity index (χ1n) is 3.82. The van der Waals surface area contributed by atoms with Gasteiger partial charge >= 0.3 is 0 Å². The molecule has 0 aliphatic carbocycles. The van der Waals surface area contributed by atoms with Gasteiger partial charge in [0.05, 0.1) is 12.4 Å². The van der Waals surface area contributed by atoms with Gasteiger partial charge in [-0.25, -0.2) is 0 Å². The molecule has 1 aromatic rings. The first kappa shape index (κ1) is 7.10. The molecular formula is C10H9NO. The van der Waals surface area contributed by atoms with Crippen LogP contribution in [0.5, 0.6) is 5.75 Å². The van der Waals surface area contributed by atoms with Gasteiger partial charge in [-0.1, -0.05) is 17.7 Å². The molecule has 2 heteroatoms. The summed E-state index contributed by atoms with van der Waals surface area (Å²) in [7, 11) is 0. The van der Waals surface area contributed by atoms with Crippen LogP contribution >= 0.6 is 0 Å². The van der Waals surface area contributed by atoms with Gasteiger partial charge in [-0.2, -0.15) is 0 Å². The quantitative estimate of drug-likeness (QED) is 0.648. The fourth-order valence-corrected chi connectivity index (χ4v) is 0.930. The Bertz CT molecular complexity index is 335. The summed E-state index contributed by atoms with van der Waals surface area (Å²) < 4.78 is 5.42. The molecule has 1 aliphatic rings. The second-order valence-electron chi connectivity index (χ2n) is 2.72. The molecule has 60 valence electrons. The van der Waals surface area contributed by atoms with Gasteiger partial charge in [0.25, 0.3) is 0 Å². The molecule has 1 heterocycles. The molecule has 0 N–H and O–H groups in total. The largest absolute Gasteiger partial charge is 0.454 e. The first-order chi connectivity index (χ1) is 5.84. The number of ether oxygens (including phenoxy) is 1. The van der Waals surface area contributed by atoms with Crippen molar-refractivity contribution in [2.45, 2.75) is 6.92 Å². The molecule has 0 fully saturated rings. The Kier molecular flexibility index (Phi) is 1.67. The third kappa shape index (κ3) is 1.37. The Hall–Kier alpha value is -1.57. The number of allylic oxidation sites excluding steroid dienone is 1. The maximum atomic E-state index is 5.42. The third-order valence-electron chi connectivity index (χ3n) is 1.66. The number of rotatable bonds is 2. The summed E-state index contributed by atoms with van der Waals surface area (Å²) in [5, 5.41) is 0. The molecule has 0 spiro atoms. The number of hydrogen-bond donors (Lipinski definition) is 0. The molecule has 1 aliphatic heterocycles. The van der Waals surface area contributed by atoms with E-state index in [2.05, 4.69) is 4.99 Å². The Balaban J connectivity index is 2.08. The number of aliphatic imine (C=N–C) groups is 1. The second-order valence-corrected chi connectivity index (χ2v) is 2.72. The SMILES string of the molecule is Cc1ccc(OC2=CN=C2)cc1. The van der Waals surface area contributed by atoms with Crippen LogP contribution in [0.4, 0.5) is 0 Å². The molecule has 2 nitrogen and oxygen atoms in total. The maximum absolute atomic E-state index is 5.42. The lowest BCUT2D eigenvalue weighted by Crippen LogP contribution is -2.01. The van der Waals surface area contributed by atoms with Crippen LogP contribution in [0, 0.1) is 6.92 Å². The van der Waals surface area contributed by atoms with E-state index in [9.17, 15) is 0 Å². The van der Waals surface area contributed by atoms with Crippen LogP contribution in [0.3, 0.4) is 0 Å². The van der Waals surface area contributed by atoms with E-state index in [1.807, 2.05) is 31.2 Å². The highest BCUT2D eigenvalue weighted by molar-refractivity contribution is 5.82. The Morgan fingerprint density at radius 3 is 2.33 bits per heavy atom. The smallest absolute Gasteiger partial charge is 0.163 e. The van der Waals surface area contributed by atoms with Crippen LogP contribution < -0.4 is 4.74 Å². The van der Waals surface area contributed by atoms with Crippen LogP contribution in [0.2, 0.25) is 0 Å². The third-order valence-corrected chi connectivity index (χ3v) is 1.66. The highest BCUT2D eigenvalue weighted by atomic mass is 16.5. The molecule has 2 rings (SSSR count). The fraction of sp³-hybridized carbons (Fsp3) is 0.100. The predicted octanol–water partition coefficient (Wildman–Crippen LogP) is 2.30. The van der Waals surface area contributed by atoms with E-state index in [4.69, 9.17) is 4.74 Å². The van der Waals surface area contributed by atoms with Crippen molar-refractivity contribution in [3.63, 3.8) is 0 Å².